The number of rotatable bonds is 23. The van der Waals surface area contributed by atoms with E-state index in [2.05, 4.69) is 35.7 Å². The lowest BCUT2D eigenvalue weighted by atomic mass is 10.1. The van der Waals surface area contributed by atoms with Crippen LogP contribution in [0.2, 0.25) is 10.0 Å². The van der Waals surface area contributed by atoms with E-state index in [9.17, 15) is 49.1 Å². The molecule has 0 atom stereocenters. The van der Waals surface area contributed by atoms with E-state index >= 15 is 0 Å². The van der Waals surface area contributed by atoms with Gasteiger partial charge in [-0.05, 0) is 65.7 Å². The van der Waals surface area contributed by atoms with Crippen molar-refractivity contribution in [3.8, 4) is 17.2 Å². The summed E-state index contributed by atoms with van der Waals surface area (Å²) in [5, 5.41) is 38.9. The number of nitrogens with zero attached hydrogens (tertiary/aromatic N) is 7. The molecule has 0 aliphatic rings. The summed E-state index contributed by atoms with van der Waals surface area (Å²) in [5.41, 5.74) is 2.74. The van der Waals surface area contributed by atoms with Gasteiger partial charge < -0.3 is 29.7 Å². The van der Waals surface area contributed by atoms with Crippen molar-refractivity contribution in [2.45, 2.75) is 42.2 Å². The molecule has 27 heteroatoms. The third-order valence-electron chi connectivity index (χ3n) is 9.61. The maximum Gasteiger partial charge on any atom is 0.298 e. The number of ether oxygens (including phenoxy) is 3. The van der Waals surface area contributed by atoms with E-state index in [1.165, 1.54) is 55.6 Å². The lowest BCUT2D eigenvalue weighted by Gasteiger charge is -2.15. The minimum atomic E-state index is -4.72. The Hall–Kier alpha value is -6.26. The molecule has 0 aliphatic carbocycles. The van der Waals surface area contributed by atoms with Crippen molar-refractivity contribution in [3.05, 3.63) is 135 Å². The Bertz CT molecular complexity index is 3240. The van der Waals surface area contributed by atoms with Crippen LogP contribution in [0.15, 0.2) is 121 Å². The summed E-state index contributed by atoms with van der Waals surface area (Å²) in [6.45, 7) is -0.652. The molecule has 0 bridgehead atoms. The van der Waals surface area contributed by atoms with Crippen molar-refractivity contribution in [1.82, 2.24) is 15.0 Å². The number of hydrogen-bond acceptors (Lipinski definition) is 19. The first-order valence-electron chi connectivity index (χ1n) is 20.4. The highest BCUT2D eigenvalue weighted by Gasteiger charge is 2.20. The largest absolute Gasteiger partial charge is 0.495 e. The second-order valence-corrected chi connectivity index (χ2v) is 19.9. The van der Waals surface area contributed by atoms with E-state index in [-0.39, 0.29) is 106 Å². The van der Waals surface area contributed by atoms with E-state index in [1.807, 2.05) is 0 Å². The Morgan fingerprint density at radius 1 is 0.614 bits per heavy atom. The van der Waals surface area contributed by atoms with Crippen molar-refractivity contribution >= 4 is 82.3 Å². The fourth-order valence-electron chi connectivity index (χ4n) is 6.20. The second kappa shape index (κ2) is 23.6. The maximum atomic E-state index is 12.0. The van der Waals surface area contributed by atoms with Gasteiger partial charge in [0, 0.05) is 55.7 Å². The van der Waals surface area contributed by atoms with Gasteiger partial charge in [-0.15, -0.1) is 10.2 Å². The minimum Gasteiger partial charge on any atom is -0.495 e. The fraction of sp³-hybridized carbons (Fsp3) is 0.233. The SMILES string of the molecule is COc1ccc(N=Nc2cc(OCCS(=O)(=O)O)c(Cc3nc(Cc4cc(Cl)c(N=Nc5ccc(CO)cc5)cc4OCCCO)nc(NCc4ccc(S(=O)(=O)O)cc4)n3)cc2Cl)cc1S(=O)(=O)O. The molecule has 6 N–H and O–H groups in total. The number of azo groups is 2. The number of anilines is 1. The molecule has 0 amide bonds. The van der Waals surface area contributed by atoms with Crippen molar-refractivity contribution in [3.63, 3.8) is 0 Å². The normalized spacial score (nSPS) is 12.2. The van der Waals surface area contributed by atoms with Crippen LogP contribution in [0.5, 0.6) is 17.2 Å². The van der Waals surface area contributed by atoms with Crippen molar-refractivity contribution in [2.75, 3.05) is 38.0 Å². The number of hydrogen-bond donors (Lipinski definition) is 6. The van der Waals surface area contributed by atoms with Crippen LogP contribution >= 0.6 is 23.2 Å². The molecular weight excluding hydrogens is 1020 g/mol. The van der Waals surface area contributed by atoms with E-state index < -0.39 is 47.6 Å². The maximum absolute atomic E-state index is 12.0. The zero-order chi connectivity index (χ0) is 50.6. The van der Waals surface area contributed by atoms with Gasteiger partial charge in [-0.25, -0.2) is 4.98 Å². The van der Waals surface area contributed by atoms with Crippen LogP contribution in [0.4, 0.5) is 28.7 Å². The van der Waals surface area contributed by atoms with Gasteiger partial charge in [0.05, 0.1) is 46.6 Å². The Kier molecular flexibility index (Phi) is 17.9. The molecule has 0 saturated carbocycles. The van der Waals surface area contributed by atoms with Crippen LogP contribution in [0.1, 0.15) is 40.3 Å². The van der Waals surface area contributed by atoms with E-state index in [0.29, 0.717) is 34.5 Å². The Labute approximate surface area is 411 Å². The average Bonchev–Trinajstić information content (AvgIpc) is 3.30. The molecule has 0 aliphatic heterocycles. The third-order valence-corrected chi connectivity index (χ3v) is 12.6. The highest BCUT2D eigenvalue weighted by molar-refractivity contribution is 7.86. The summed E-state index contributed by atoms with van der Waals surface area (Å²) < 4.78 is 116. The van der Waals surface area contributed by atoms with Gasteiger partial charge in [0.15, 0.2) is 0 Å². The van der Waals surface area contributed by atoms with Gasteiger partial charge in [0.25, 0.3) is 30.4 Å². The first-order valence-corrected chi connectivity index (χ1v) is 25.6. The quantitative estimate of drug-likeness (QED) is 0.0202. The van der Waals surface area contributed by atoms with Crippen molar-refractivity contribution in [2.24, 2.45) is 20.5 Å². The first kappa shape index (κ1) is 53.1. The topological polar surface area (TPSA) is 331 Å². The lowest BCUT2D eigenvalue weighted by molar-refractivity contribution is 0.232. The van der Waals surface area contributed by atoms with Gasteiger partial charge in [0.2, 0.25) is 5.95 Å². The summed E-state index contributed by atoms with van der Waals surface area (Å²) in [7, 11) is -12.4. The van der Waals surface area contributed by atoms with Gasteiger partial charge in [-0.3, -0.25) is 13.7 Å². The van der Waals surface area contributed by atoms with Crippen LogP contribution in [-0.4, -0.2) is 96.8 Å². The summed E-state index contributed by atoms with van der Waals surface area (Å²) >= 11 is 13.4. The predicted octanol–water partition coefficient (Wildman–Crippen LogP) is 7.83. The molecule has 370 valence electrons. The van der Waals surface area contributed by atoms with Gasteiger partial charge >= 0.3 is 0 Å². The molecule has 6 rings (SSSR count). The summed E-state index contributed by atoms with van der Waals surface area (Å²) in [6, 6.07) is 21.6. The fourth-order valence-corrected chi connectivity index (χ4v) is 8.09. The molecule has 6 aromatic rings. The number of aliphatic hydroxyl groups excluding tert-OH is 2. The number of methoxy groups -OCH3 is 1. The number of aliphatic hydroxyl groups is 2. The molecular formula is C43H42Cl2N8O14S3. The summed E-state index contributed by atoms with van der Waals surface area (Å²) in [4.78, 5) is 13.1. The van der Waals surface area contributed by atoms with Crippen LogP contribution in [0, 0.1) is 0 Å². The monoisotopic (exact) mass is 1060 g/mol. The lowest BCUT2D eigenvalue weighted by Crippen LogP contribution is -2.14. The molecule has 0 spiro atoms. The molecule has 1 aromatic heterocycles. The molecule has 22 nitrogen and oxygen atoms in total. The third kappa shape index (κ3) is 15.4. The second-order valence-electron chi connectivity index (χ2n) is 14.7. The smallest absolute Gasteiger partial charge is 0.298 e. The molecule has 0 radical (unpaired) electrons. The van der Waals surface area contributed by atoms with Crippen LogP contribution in [0.25, 0.3) is 0 Å². The predicted molar refractivity (Wildman–Crippen MR) is 255 cm³/mol. The van der Waals surface area contributed by atoms with Crippen molar-refractivity contribution in [1.29, 1.82) is 0 Å². The highest BCUT2D eigenvalue weighted by atomic mass is 35.5. The van der Waals surface area contributed by atoms with E-state index in [4.69, 9.17) is 42.4 Å². The summed E-state index contributed by atoms with van der Waals surface area (Å²) in [5.74, 6) is -0.304. The van der Waals surface area contributed by atoms with E-state index in [0.717, 1.165) is 6.07 Å². The molecule has 1 heterocycles. The van der Waals surface area contributed by atoms with Crippen molar-refractivity contribution < 1.29 is 63.3 Å². The minimum absolute atomic E-state index is 0.00574. The molecule has 0 unspecified atom stereocenters. The Morgan fingerprint density at radius 2 is 1.16 bits per heavy atom. The number of aromatic nitrogens is 3. The standard InChI is InChI=1S/C43H42Cl2N8O14S3/c1-65-37-12-9-31(21-40(37)70(62,63)64)51-53-36-23-39(67-15-16-68(56,57)58)29(18-34(36)45)20-42-47-41(48-43(49-42)46-24-26-5-10-32(11-6-26)69(59,60)61)19-28-17-33(44)35(22-38(28)66-14-2-13-54)52-50-30-7-3-27(25-55)4-8-30/h3-12,17-18,21-23,54-55H,2,13-16,19-20,24-25H2,1H3,(H,56,57,58)(H,59,60,61)(H,62,63,64)(H,46,47,48,49). The number of benzene rings is 5. The Morgan fingerprint density at radius 3 is 1.67 bits per heavy atom. The molecule has 5 aromatic carbocycles. The van der Waals surface area contributed by atoms with Crippen LogP contribution in [-0.2, 0) is 56.3 Å². The number of halogens is 2. The molecule has 0 fully saturated rings. The zero-order valence-corrected chi connectivity index (χ0v) is 40.5. The summed E-state index contributed by atoms with van der Waals surface area (Å²) in [6.07, 6.45) is 0.115. The Balaban J connectivity index is 1.39. The highest BCUT2D eigenvalue weighted by Crippen LogP contribution is 2.38. The number of nitrogens with one attached hydrogen (secondary N) is 1. The zero-order valence-electron chi connectivity index (χ0n) is 36.5. The van der Waals surface area contributed by atoms with Gasteiger partial charge in [0.1, 0.15) is 57.5 Å². The average molecular weight is 1060 g/mol. The van der Waals surface area contributed by atoms with Gasteiger partial charge in [-0.2, -0.15) is 45.4 Å². The van der Waals surface area contributed by atoms with E-state index in [1.54, 1.807) is 36.4 Å². The molecule has 0 saturated heterocycles. The van der Waals surface area contributed by atoms with Crippen LogP contribution in [0.3, 0.4) is 0 Å². The van der Waals surface area contributed by atoms with Crippen LogP contribution < -0.4 is 19.5 Å². The van der Waals surface area contributed by atoms with Gasteiger partial charge in [-0.1, -0.05) is 47.5 Å². The molecule has 70 heavy (non-hydrogen) atoms. The first-order chi connectivity index (χ1) is 33.2.